The highest BCUT2D eigenvalue weighted by Gasteiger charge is 2.25. The molecule has 1 aliphatic rings. The van der Waals surface area contributed by atoms with Crippen molar-refractivity contribution in [1.29, 1.82) is 0 Å². The molecule has 1 aliphatic heterocycles. The monoisotopic (exact) mass is 464 g/mol. The summed E-state index contributed by atoms with van der Waals surface area (Å²) in [5, 5.41) is 3.67. The molecule has 1 N–H and O–H groups in total. The Bertz CT molecular complexity index is 1100. The summed E-state index contributed by atoms with van der Waals surface area (Å²) in [6.45, 7) is 3.39. The van der Waals surface area contributed by atoms with Crippen molar-refractivity contribution in [3.8, 4) is 11.5 Å². The number of ether oxygens (including phenoxy) is 2. The Hall–Kier alpha value is -3.02. The van der Waals surface area contributed by atoms with Gasteiger partial charge in [0, 0.05) is 30.2 Å². The molecule has 0 spiro atoms. The van der Waals surface area contributed by atoms with E-state index in [2.05, 4.69) is 34.5 Å². The largest absolute Gasteiger partial charge is 0.493 e. The predicted octanol–water partition coefficient (Wildman–Crippen LogP) is 5.28. The van der Waals surface area contributed by atoms with E-state index in [1.807, 2.05) is 18.2 Å². The van der Waals surface area contributed by atoms with E-state index in [0.29, 0.717) is 23.0 Å². The van der Waals surface area contributed by atoms with Crippen molar-refractivity contribution in [2.75, 3.05) is 27.3 Å². The van der Waals surface area contributed by atoms with Crippen LogP contribution in [0.5, 0.6) is 11.5 Å². The van der Waals surface area contributed by atoms with Gasteiger partial charge in [-0.15, -0.1) is 0 Å². The van der Waals surface area contributed by atoms with Crippen LogP contribution in [0, 0.1) is 0 Å². The Morgan fingerprint density at radius 3 is 2.55 bits per heavy atom. The van der Waals surface area contributed by atoms with Crippen LogP contribution in [0.25, 0.3) is 0 Å². The van der Waals surface area contributed by atoms with Gasteiger partial charge in [0.25, 0.3) is 5.91 Å². The number of carbonyl (C=O) groups is 1. The second-order valence-electron chi connectivity index (χ2n) is 8.30. The minimum absolute atomic E-state index is 0.0945. The molecule has 1 unspecified atom stereocenters. The summed E-state index contributed by atoms with van der Waals surface area (Å²) in [5.74, 6) is 1.85. The molecule has 0 aliphatic carbocycles. The van der Waals surface area contributed by atoms with E-state index >= 15 is 0 Å². The predicted molar refractivity (Wildman–Crippen MR) is 131 cm³/mol. The van der Waals surface area contributed by atoms with Gasteiger partial charge in [0.15, 0.2) is 11.5 Å². The van der Waals surface area contributed by atoms with Crippen molar-refractivity contribution in [2.24, 2.45) is 0 Å². The number of methoxy groups -OCH3 is 2. The second-order valence-corrected chi connectivity index (χ2v) is 8.73. The number of amides is 1. The molecule has 172 valence electrons. The molecular weight excluding hydrogens is 436 g/mol. The number of hydrogen-bond acceptors (Lipinski definition) is 4. The zero-order valence-electron chi connectivity index (χ0n) is 19.0. The molecule has 1 heterocycles. The van der Waals surface area contributed by atoms with Crippen LogP contribution in [0.1, 0.15) is 39.4 Å². The number of halogens is 1. The van der Waals surface area contributed by atoms with Gasteiger partial charge in [-0.05, 0) is 72.0 Å². The Balaban J connectivity index is 1.39. The maximum atomic E-state index is 12.5. The Morgan fingerprint density at radius 1 is 1.03 bits per heavy atom. The lowest BCUT2D eigenvalue weighted by atomic mass is 9.93. The number of hydrogen-bond donors (Lipinski definition) is 1. The summed E-state index contributed by atoms with van der Waals surface area (Å²) in [6.07, 6.45) is 1.09. The summed E-state index contributed by atoms with van der Waals surface area (Å²) in [7, 11) is 3.31. The van der Waals surface area contributed by atoms with Crippen LogP contribution in [-0.4, -0.2) is 38.1 Å². The minimum atomic E-state index is -0.0945. The summed E-state index contributed by atoms with van der Waals surface area (Å²) >= 11 is 5.93. The van der Waals surface area contributed by atoms with E-state index in [9.17, 15) is 4.79 Å². The van der Waals surface area contributed by atoms with Gasteiger partial charge < -0.3 is 14.8 Å². The summed E-state index contributed by atoms with van der Waals surface area (Å²) in [5.41, 5.74) is 4.29. The fourth-order valence-corrected chi connectivity index (χ4v) is 4.57. The zero-order valence-corrected chi connectivity index (χ0v) is 19.8. The minimum Gasteiger partial charge on any atom is -0.493 e. The van der Waals surface area contributed by atoms with Crippen molar-refractivity contribution < 1.29 is 14.3 Å². The molecule has 6 heteroatoms. The molecule has 3 aromatic carbocycles. The quantitative estimate of drug-likeness (QED) is 0.493. The molecule has 0 bridgehead atoms. The first-order chi connectivity index (χ1) is 16.1. The van der Waals surface area contributed by atoms with E-state index in [0.717, 1.165) is 43.1 Å². The number of carbonyl (C=O) groups excluding carboxylic acids is 1. The third kappa shape index (κ3) is 5.67. The molecule has 0 saturated carbocycles. The van der Waals surface area contributed by atoms with E-state index in [1.54, 1.807) is 38.5 Å². The van der Waals surface area contributed by atoms with Crippen LogP contribution < -0.4 is 14.8 Å². The topological polar surface area (TPSA) is 50.8 Å². The first-order valence-corrected chi connectivity index (χ1v) is 11.5. The van der Waals surface area contributed by atoms with Gasteiger partial charge in [-0.3, -0.25) is 9.69 Å². The number of rotatable bonds is 8. The molecule has 5 nitrogen and oxygen atoms in total. The molecule has 0 aromatic heterocycles. The van der Waals surface area contributed by atoms with Crippen LogP contribution >= 0.6 is 11.6 Å². The van der Waals surface area contributed by atoms with Crippen LogP contribution in [-0.2, 0) is 13.1 Å². The lowest BCUT2D eigenvalue weighted by Crippen LogP contribution is -2.24. The Morgan fingerprint density at radius 2 is 1.79 bits per heavy atom. The SMILES string of the molecule is COc1ccc(CN2CCC(c3ccccc3CNC(=O)c3ccc(Cl)cc3)C2)cc1OC. The van der Waals surface area contributed by atoms with Crippen molar-refractivity contribution >= 4 is 17.5 Å². The van der Waals surface area contributed by atoms with Gasteiger partial charge in [-0.1, -0.05) is 41.9 Å². The van der Waals surface area contributed by atoms with Gasteiger partial charge in [0.2, 0.25) is 0 Å². The molecule has 4 rings (SSSR count). The fraction of sp³-hybridized carbons (Fsp3) is 0.296. The van der Waals surface area contributed by atoms with Crippen molar-refractivity contribution in [3.63, 3.8) is 0 Å². The van der Waals surface area contributed by atoms with E-state index in [-0.39, 0.29) is 5.91 Å². The van der Waals surface area contributed by atoms with Gasteiger partial charge in [-0.2, -0.15) is 0 Å². The first-order valence-electron chi connectivity index (χ1n) is 11.1. The van der Waals surface area contributed by atoms with Gasteiger partial charge in [0.05, 0.1) is 14.2 Å². The summed E-state index contributed by atoms with van der Waals surface area (Å²) in [6, 6.07) is 21.5. The number of nitrogens with zero attached hydrogens (tertiary/aromatic N) is 1. The average molecular weight is 465 g/mol. The molecule has 1 atom stereocenters. The standard InChI is InChI=1S/C27H29ClN2O3/c1-32-25-12-7-19(15-26(25)33-2)17-30-14-13-22(18-30)24-6-4-3-5-21(24)16-29-27(31)20-8-10-23(28)11-9-20/h3-12,15,22H,13-14,16-18H2,1-2H3,(H,29,31). The molecule has 0 radical (unpaired) electrons. The molecule has 1 amide bonds. The molecular formula is C27H29ClN2O3. The van der Waals surface area contributed by atoms with Gasteiger partial charge >= 0.3 is 0 Å². The Labute approximate surface area is 200 Å². The van der Waals surface area contributed by atoms with E-state index in [1.165, 1.54) is 11.1 Å². The lowest BCUT2D eigenvalue weighted by Gasteiger charge is -2.19. The van der Waals surface area contributed by atoms with Crippen molar-refractivity contribution in [3.05, 3.63) is 94.0 Å². The number of likely N-dealkylation sites (tertiary alicyclic amines) is 1. The smallest absolute Gasteiger partial charge is 0.251 e. The average Bonchev–Trinajstić information content (AvgIpc) is 3.31. The third-order valence-corrected chi connectivity index (χ3v) is 6.42. The highest BCUT2D eigenvalue weighted by molar-refractivity contribution is 6.30. The summed E-state index contributed by atoms with van der Waals surface area (Å²) in [4.78, 5) is 15.0. The molecule has 33 heavy (non-hydrogen) atoms. The number of benzene rings is 3. The van der Waals surface area contributed by atoms with Crippen molar-refractivity contribution in [2.45, 2.75) is 25.4 Å². The Kier molecular flexibility index (Phi) is 7.53. The first kappa shape index (κ1) is 23.1. The van der Waals surface area contributed by atoms with Gasteiger partial charge in [-0.25, -0.2) is 0 Å². The van der Waals surface area contributed by atoms with E-state index < -0.39 is 0 Å². The van der Waals surface area contributed by atoms with Gasteiger partial charge in [0.1, 0.15) is 0 Å². The fourth-order valence-electron chi connectivity index (χ4n) is 4.44. The lowest BCUT2D eigenvalue weighted by molar-refractivity contribution is 0.0951. The highest BCUT2D eigenvalue weighted by atomic mass is 35.5. The maximum absolute atomic E-state index is 12.5. The van der Waals surface area contributed by atoms with E-state index in [4.69, 9.17) is 21.1 Å². The molecule has 1 saturated heterocycles. The highest BCUT2D eigenvalue weighted by Crippen LogP contribution is 2.32. The van der Waals surface area contributed by atoms with Crippen LogP contribution in [0.3, 0.4) is 0 Å². The zero-order chi connectivity index (χ0) is 23.2. The van der Waals surface area contributed by atoms with Crippen LogP contribution in [0.15, 0.2) is 66.7 Å². The van der Waals surface area contributed by atoms with Crippen LogP contribution in [0.2, 0.25) is 5.02 Å². The molecule has 1 fully saturated rings. The van der Waals surface area contributed by atoms with Crippen LogP contribution in [0.4, 0.5) is 0 Å². The maximum Gasteiger partial charge on any atom is 0.251 e. The summed E-state index contributed by atoms with van der Waals surface area (Å²) < 4.78 is 10.8. The second kappa shape index (κ2) is 10.7. The third-order valence-electron chi connectivity index (χ3n) is 6.17. The molecule has 3 aromatic rings. The number of nitrogens with one attached hydrogen (secondary N) is 1. The van der Waals surface area contributed by atoms with Crippen molar-refractivity contribution in [1.82, 2.24) is 10.2 Å². The normalized spacial score (nSPS) is 15.9.